The smallest absolute Gasteiger partial charge is 0.325 e. The quantitative estimate of drug-likeness (QED) is 0.486. The third kappa shape index (κ3) is 4.20. The Kier molecular flexibility index (Phi) is 5.58. The van der Waals surface area contributed by atoms with Gasteiger partial charge in [0.15, 0.2) is 0 Å². The van der Waals surface area contributed by atoms with Gasteiger partial charge in [0.25, 0.3) is 5.91 Å². The van der Waals surface area contributed by atoms with Crippen LogP contribution in [0, 0.1) is 0 Å². The van der Waals surface area contributed by atoms with Crippen LogP contribution in [0.4, 0.5) is 4.79 Å². The van der Waals surface area contributed by atoms with E-state index in [4.69, 9.17) is 0 Å². The molecule has 170 valence electrons. The van der Waals surface area contributed by atoms with Crippen molar-refractivity contribution in [2.75, 3.05) is 6.54 Å². The van der Waals surface area contributed by atoms with Crippen LogP contribution >= 0.6 is 0 Å². The SMILES string of the molecule is O=C(CCN1C(=O)NC2(CCCC2)C1=O)N[C@@H](Cc1ccccc1)c1nc2ccccc2[nH]1. The molecule has 2 aromatic carbocycles. The Morgan fingerprint density at radius 2 is 1.79 bits per heavy atom. The van der Waals surface area contributed by atoms with E-state index >= 15 is 0 Å². The summed E-state index contributed by atoms with van der Waals surface area (Å²) < 4.78 is 0. The number of hydrogen-bond acceptors (Lipinski definition) is 4. The molecule has 8 nitrogen and oxygen atoms in total. The Labute approximate surface area is 191 Å². The number of hydrogen-bond donors (Lipinski definition) is 3. The molecule has 0 unspecified atom stereocenters. The molecule has 0 bridgehead atoms. The Morgan fingerprint density at radius 3 is 2.55 bits per heavy atom. The van der Waals surface area contributed by atoms with Gasteiger partial charge in [0.2, 0.25) is 5.91 Å². The second-order valence-corrected chi connectivity index (χ2v) is 8.88. The van der Waals surface area contributed by atoms with E-state index in [2.05, 4.69) is 20.6 Å². The van der Waals surface area contributed by atoms with Gasteiger partial charge in [-0.1, -0.05) is 55.3 Å². The number of aromatic nitrogens is 2. The summed E-state index contributed by atoms with van der Waals surface area (Å²) >= 11 is 0. The minimum Gasteiger partial charge on any atom is -0.346 e. The third-order valence-corrected chi connectivity index (χ3v) is 6.62. The fourth-order valence-corrected chi connectivity index (χ4v) is 4.88. The number of para-hydroxylation sites is 2. The van der Waals surface area contributed by atoms with E-state index in [1.54, 1.807) is 0 Å². The lowest BCUT2D eigenvalue weighted by Crippen LogP contribution is -2.44. The largest absolute Gasteiger partial charge is 0.346 e. The first-order chi connectivity index (χ1) is 16.0. The summed E-state index contributed by atoms with van der Waals surface area (Å²) in [6.07, 6.45) is 3.81. The van der Waals surface area contributed by atoms with Gasteiger partial charge in [-0.25, -0.2) is 9.78 Å². The third-order valence-electron chi connectivity index (χ3n) is 6.62. The van der Waals surface area contributed by atoms with Crippen LogP contribution < -0.4 is 10.6 Å². The van der Waals surface area contributed by atoms with Gasteiger partial charge in [0.05, 0.1) is 17.1 Å². The number of nitrogens with one attached hydrogen (secondary N) is 3. The Bertz CT molecular complexity index is 1150. The molecule has 1 aromatic heterocycles. The molecule has 1 atom stereocenters. The maximum atomic E-state index is 12.9. The van der Waals surface area contributed by atoms with Crippen LogP contribution in [0.15, 0.2) is 54.6 Å². The average Bonchev–Trinajstić information content (AvgIpc) is 3.52. The fourth-order valence-electron chi connectivity index (χ4n) is 4.88. The number of carbonyl (C=O) groups excluding carboxylic acids is 3. The second-order valence-electron chi connectivity index (χ2n) is 8.88. The standard InChI is InChI=1S/C25H27N5O3/c31-21(12-15-30-23(32)25(29-24(30)33)13-6-7-14-25)26-20(16-17-8-2-1-3-9-17)22-27-18-10-4-5-11-19(18)28-22/h1-5,8-11,20H,6-7,12-16H2,(H,26,31)(H,27,28)(H,29,33)/t20-/m0/s1. The molecule has 3 N–H and O–H groups in total. The summed E-state index contributed by atoms with van der Waals surface area (Å²) in [5, 5.41) is 5.91. The Hall–Kier alpha value is -3.68. The predicted molar refractivity (Wildman–Crippen MR) is 123 cm³/mol. The maximum absolute atomic E-state index is 12.9. The zero-order chi connectivity index (χ0) is 22.8. The van der Waals surface area contributed by atoms with Crippen molar-refractivity contribution in [3.63, 3.8) is 0 Å². The van der Waals surface area contributed by atoms with Gasteiger partial charge in [-0.3, -0.25) is 14.5 Å². The molecule has 1 spiro atoms. The van der Waals surface area contributed by atoms with Crippen molar-refractivity contribution in [3.05, 3.63) is 66.0 Å². The number of H-pyrrole nitrogens is 1. The van der Waals surface area contributed by atoms with Crippen LogP contribution in [-0.4, -0.2) is 44.8 Å². The molecule has 1 saturated heterocycles. The van der Waals surface area contributed by atoms with Gasteiger partial charge in [0, 0.05) is 13.0 Å². The van der Waals surface area contributed by atoms with E-state index in [1.807, 2.05) is 54.6 Å². The molecule has 4 amide bonds. The van der Waals surface area contributed by atoms with Crippen molar-refractivity contribution < 1.29 is 14.4 Å². The minimum atomic E-state index is -0.752. The first-order valence-electron chi connectivity index (χ1n) is 11.5. The second kappa shape index (κ2) is 8.69. The summed E-state index contributed by atoms with van der Waals surface area (Å²) in [4.78, 5) is 47.3. The van der Waals surface area contributed by atoms with Crippen molar-refractivity contribution >= 4 is 28.9 Å². The van der Waals surface area contributed by atoms with E-state index < -0.39 is 11.6 Å². The van der Waals surface area contributed by atoms with Gasteiger partial charge in [-0.15, -0.1) is 0 Å². The summed E-state index contributed by atoms with van der Waals surface area (Å²) in [5.41, 5.74) is 2.06. The zero-order valence-corrected chi connectivity index (χ0v) is 18.3. The first-order valence-corrected chi connectivity index (χ1v) is 11.5. The molecular formula is C25H27N5O3. The van der Waals surface area contributed by atoms with Gasteiger partial charge in [0.1, 0.15) is 11.4 Å². The number of amides is 4. The minimum absolute atomic E-state index is 0.0424. The molecule has 2 fully saturated rings. The summed E-state index contributed by atoms with van der Waals surface area (Å²) in [6.45, 7) is 0.0659. The predicted octanol–water partition coefficient (Wildman–Crippen LogP) is 3.22. The molecule has 2 aliphatic rings. The monoisotopic (exact) mass is 445 g/mol. The normalized spacial score (nSPS) is 18.1. The molecule has 1 aliphatic heterocycles. The topological polar surface area (TPSA) is 107 Å². The number of nitrogens with zero attached hydrogens (tertiary/aromatic N) is 2. The molecule has 0 radical (unpaired) electrons. The highest BCUT2D eigenvalue weighted by molar-refractivity contribution is 6.07. The van der Waals surface area contributed by atoms with Crippen molar-refractivity contribution in [1.29, 1.82) is 0 Å². The van der Waals surface area contributed by atoms with Crippen molar-refractivity contribution in [2.45, 2.75) is 50.1 Å². The first kappa shape index (κ1) is 21.2. The van der Waals surface area contributed by atoms with Gasteiger partial charge >= 0.3 is 6.03 Å². The number of imidazole rings is 1. The Morgan fingerprint density at radius 1 is 1.06 bits per heavy atom. The zero-order valence-electron chi connectivity index (χ0n) is 18.3. The number of fused-ring (bicyclic) bond motifs is 1. The molecule has 2 heterocycles. The molecule has 1 aliphatic carbocycles. The lowest BCUT2D eigenvalue weighted by molar-refractivity contribution is -0.131. The lowest BCUT2D eigenvalue weighted by Gasteiger charge is -2.20. The fraction of sp³-hybridized carbons (Fsp3) is 0.360. The van der Waals surface area contributed by atoms with E-state index in [0.717, 1.165) is 29.4 Å². The lowest BCUT2D eigenvalue weighted by atomic mass is 9.98. The van der Waals surface area contributed by atoms with Gasteiger partial charge in [-0.2, -0.15) is 0 Å². The van der Waals surface area contributed by atoms with E-state index in [9.17, 15) is 14.4 Å². The number of urea groups is 1. The number of benzene rings is 2. The molecule has 5 rings (SSSR count). The Balaban J connectivity index is 1.28. The molecule has 33 heavy (non-hydrogen) atoms. The summed E-state index contributed by atoms with van der Waals surface area (Å²) in [6, 6.07) is 16.9. The highest BCUT2D eigenvalue weighted by atomic mass is 16.2. The van der Waals surface area contributed by atoms with Crippen LogP contribution in [0.5, 0.6) is 0 Å². The summed E-state index contributed by atoms with van der Waals surface area (Å²) in [7, 11) is 0. The molecule has 8 heteroatoms. The number of rotatable bonds is 7. The number of carbonyl (C=O) groups is 3. The summed E-state index contributed by atoms with van der Waals surface area (Å²) in [5.74, 6) is 0.244. The number of imide groups is 1. The number of aromatic amines is 1. The van der Waals surface area contributed by atoms with Crippen molar-refractivity contribution in [1.82, 2.24) is 25.5 Å². The van der Waals surface area contributed by atoms with Crippen molar-refractivity contribution in [3.8, 4) is 0 Å². The maximum Gasteiger partial charge on any atom is 0.325 e. The molecular weight excluding hydrogens is 418 g/mol. The van der Waals surface area contributed by atoms with Crippen LogP contribution in [0.1, 0.15) is 49.5 Å². The highest BCUT2D eigenvalue weighted by Crippen LogP contribution is 2.35. The molecule has 3 aromatic rings. The highest BCUT2D eigenvalue weighted by Gasteiger charge is 2.52. The van der Waals surface area contributed by atoms with Crippen LogP contribution in [-0.2, 0) is 16.0 Å². The van der Waals surface area contributed by atoms with Crippen LogP contribution in [0.2, 0.25) is 0 Å². The van der Waals surface area contributed by atoms with Crippen LogP contribution in [0.3, 0.4) is 0 Å². The van der Waals surface area contributed by atoms with Crippen molar-refractivity contribution in [2.24, 2.45) is 0 Å². The van der Waals surface area contributed by atoms with Crippen LogP contribution in [0.25, 0.3) is 11.0 Å². The average molecular weight is 446 g/mol. The van der Waals surface area contributed by atoms with E-state index in [1.165, 1.54) is 4.90 Å². The van der Waals surface area contributed by atoms with E-state index in [-0.39, 0.29) is 30.8 Å². The van der Waals surface area contributed by atoms with Gasteiger partial charge < -0.3 is 15.6 Å². The molecule has 1 saturated carbocycles. The van der Waals surface area contributed by atoms with E-state index in [0.29, 0.717) is 25.1 Å². The van der Waals surface area contributed by atoms with Gasteiger partial charge in [-0.05, 0) is 37.0 Å².